The molecule has 0 amide bonds. The van der Waals surface area contributed by atoms with Gasteiger partial charge in [0.15, 0.2) is 5.78 Å². The van der Waals surface area contributed by atoms with Gasteiger partial charge in [0.1, 0.15) is 0 Å². The van der Waals surface area contributed by atoms with Crippen LogP contribution in [-0.4, -0.2) is 17.2 Å². The normalized spacial score (nSPS) is 33.6. The molecule has 0 spiro atoms. The van der Waals surface area contributed by atoms with Crippen molar-refractivity contribution < 1.29 is 4.79 Å². The Hall–Kier alpha value is -0.500. The lowest BCUT2D eigenvalue weighted by atomic mass is 10.2. The smallest absolute Gasteiger partial charge is 0.157 e. The van der Waals surface area contributed by atoms with Crippen molar-refractivity contribution in [1.29, 1.82) is 0 Å². The molecule has 0 aromatic heterocycles. The Bertz CT molecular complexity index is 249. The quantitative estimate of drug-likeness (QED) is 0.690. The van der Waals surface area contributed by atoms with Gasteiger partial charge in [0.2, 0.25) is 0 Å². The minimum absolute atomic E-state index is 0.242. The molecule has 2 aliphatic carbocycles. The predicted octanol–water partition coefficient (Wildman–Crippen LogP) is 1.98. The number of hydrogen-bond acceptors (Lipinski definition) is 2. The predicted molar refractivity (Wildman–Crippen MR) is 52.7 cm³/mol. The Labute approximate surface area is 83.3 Å². The van der Waals surface area contributed by atoms with Gasteiger partial charge in [0.25, 0.3) is 0 Å². The van der Waals surface area contributed by atoms with Crippen molar-refractivity contribution in [2.45, 2.75) is 43.5 Å². The molecule has 13 heavy (non-hydrogen) atoms. The zero-order chi connectivity index (χ0) is 9.26. The molecule has 0 aromatic rings. The van der Waals surface area contributed by atoms with Crippen LogP contribution in [0.3, 0.4) is 0 Å². The number of nitrogens with one attached hydrogen (secondary N) is 1. The molecule has 2 nitrogen and oxygen atoms in total. The number of hydrogen-bond donors (Lipinski definition) is 1. The van der Waals surface area contributed by atoms with E-state index in [2.05, 4.69) is 5.32 Å². The van der Waals surface area contributed by atoms with Crippen molar-refractivity contribution in [3.63, 3.8) is 0 Å². The molecule has 72 valence electrons. The summed E-state index contributed by atoms with van der Waals surface area (Å²) in [5.74, 6) is 0.242. The van der Waals surface area contributed by atoms with E-state index in [4.69, 9.17) is 11.6 Å². The van der Waals surface area contributed by atoms with Gasteiger partial charge in [-0.1, -0.05) is 0 Å². The highest BCUT2D eigenvalue weighted by Crippen LogP contribution is 2.26. The van der Waals surface area contributed by atoms with Crippen LogP contribution in [0.1, 0.15) is 32.1 Å². The average Bonchev–Trinajstić information content (AvgIpc) is 2.64. The number of carbonyl (C=O) groups is 1. The number of rotatable bonds is 2. The van der Waals surface area contributed by atoms with E-state index in [1.54, 1.807) is 6.08 Å². The number of ketones is 1. The van der Waals surface area contributed by atoms with E-state index >= 15 is 0 Å². The summed E-state index contributed by atoms with van der Waals surface area (Å²) in [6.45, 7) is 0. The highest BCUT2D eigenvalue weighted by Gasteiger charge is 2.26. The summed E-state index contributed by atoms with van der Waals surface area (Å²) in [6, 6.07) is 0.388. The molecule has 2 rings (SSSR count). The molecule has 1 saturated carbocycles. The highest BCUT2D eigenvalue weighted by molar-refractivity contribution is 6.21. The van der Waals surface area contributed by atoms with Gasteiger partial charge in [-0.3, -0.25) is 4.79 Å². The Morgan fingerprint density at radius 1 is 1.38 bits per heavy atom. The molecule has 0 bridgehead atoms. The molecule has 2 atom stereocenters. The first kappa shape index (κ1) is 9.07. The summed E-state index contributed by atoms with van der Waals surface area (Å²) in [5.41, 5.74) is 1.09. The third kappa shape index (κ3) is 2.05. The lowest BCUT2D eigenvalue weighted by Gasteiger charge is -2.17. The molecule has 0 saturated heterocycles. The van der Waals surface area contributed by atoms with Crippen molar-refractivity contribution in [3.8, 4) is 0 Å². The van der Waals surface area contributed by atoms with Crippen molar-refractivity contribution >= 4 is 17.4 Å². The van der Waals surface area contributed by atoms with E-state index < -0.39 is 0 Å². The molecule has 1 fully saturated rings. The molecular formula is C10H14ClNO. The van der Waals surface area contributed by atoms with Gasteiger partial charge in [0.05, 0.1) is 5.38 Å². The Kier molecular flexibility index (Phi) is 2.58. The maximum absolute atomic E-state index is 11.0. The zero-order valence-corrected chi connectivity index (χ0v) is 8.31. The van der Waals surface area contributed by atoms with Crippen LogP contribution in [0.4, 0.5) is 0 Å². The van der Waals surface area contributed by atoms with Gasteiger partial charge in [-0.05, 0) is 25.7 Å². The Morgan fingerprint density at radius 2 is 2.23 bits per heavy atom. The van der Waals surface area contributed by atoms with Crippen LogP contribution in [-0.2, 0) is 4.79 Å². The molecule has 3 heteroatoms. The van der Waals surface area contributed by atoms with Gasteiger partial charge < -0.3 is 5.32 Å². The lowest BCUT2D eigenvalue weighted by Crippen LogP contribution is -2.31. The molecule has 1 N–H and O–H groups in total. The van der Waals surface area contributed by atoms with Crippen LogP contribution < -0.4 is 5.32 Å². The van der Waals surface area contributed by atoms with Crippen LogP contribution in [0.2, 0.25) is 0 Å². The number of halogens is 1. The number of allylic oxidation sites excluding steroid dienone is 2. The van der Waals surface area contributed by atoms with Crippen molar-refractivity contribution in [2.24, 2.45) is 0 Å². The van der Waals surface area contributed by atoms with E-state index in [0.29, 0.717) is 12.5 Å². The second-order valence-corrected chi connectivity index (χ2v) is 4.39. The largest absolute Gasteiger partial charge is 0.384 e. The van der Waals surface area contributed by atoms with Crippen molar-refractivity contribution in [1.82, 2.24) is 5.32 Å². The van der Waals surface area contributed by atoms with Crippen molar-refractivity contribution in [2.75, 3.05) is 0 Å². The molecule has 0 heterocycles. The third-order valence-electron chi connectivity index (χ3n) is 2.78. The van der Waals surface area contributed by atoms with E-state index in [1.807, 2.05) is 0 Å². The summed E-state index contributed by atoms with van der Waals surface area (Å²) >= 11 is 6.12. The first-order chi connectivity index (χ1) is 6.25. The van der Waals surface area contributed by atoms with Gasteiger partial charge in [0, 0.05) is 24.2 Å². The second kappa shape index (κ2) is 3.70. The van der Waals surface area contributed by atoms with Crippen LogP contribution in [0.15, 0.2) is 11.8 Å². The van der Waals surface area contributed by atoms with E-state index in [9.17, 15) is 4.79 Å². The monoisotopic (exact) mass is 199 g/mol. The third-order valence-corrected chi connectivity index (χ3v) is 3.30. The van der Waals surface area contributed by atoms with Gasteiger partial charge >= 0.3 is 0 Å². The first-order valence-corrected chi connectivity index (χ1v) is 5.33. The molecule has 0 aromatic carbocycles. The van der Waals surface area contributed by atoms with E-state index in [-0.39, 0.29) is 11.2 Å². The van der Waals surface area contributed by atoms with E-state index in [1.165, 1.54) is 6.42 Å². The standard InChI is InChI=1S/C10H14ClNO/c11-9-2-1-3-10(9)12-7-4-5-8(13)6-7/h6,9-10,12H,1-5H2/t9-,10+/m0/s1. The van der Waals surface area contributed by atoms with Crippen LogP contribution in [0.5, 0.6) is 0 Å². The number of carbonyl (C=O) groups excluding carboxylic acids is 1. The average molecular weight is 200 g/mol. The highest BCUT2D eigenvalue weighted by atomic mass is 35.5. The topological polar surface area (TPSA) is 29.1 Å². The second-order valence-electron chi connectivity index (χ2n) is 3.83. The first-order valence-electron chi connectivity index (χ1n) is 4.90. The fraction of sp³-hybridized carbons (Fsp3) is 0.700. The maximum Gasteiger partial charge on any atom is 0.157 e. The van der Waals surface area contributed by atoms with Crippen LogP contribution in [0.25, 0.3) is 0 Å². The maximum atomic E-state index is 11.0. The fourth-order valence-electron chi connectivity index (χ4n) is 2.03. The van der Waals surface area contributed by atoms with E-state index in [0.717, 1.165) is 25.0 Å². The summed E-state index contributed by atoms with van der Waals surface area (Å²) in [6.07, 6.45) is 6.70. The molecule has 2 aliphatic rings. The SMILES string of the molecule is O=C1C=C(N[C@@H]2CCC[C@@H]2Cl)CC1. The fourth-order valence-corrected chi connectivity index (χ4v) is 2.37. The lowest BCUT2D eigenvalue weighted by molar-refractivity contribution is -0.114. The minimum atomic E-state index is 0.242. The molecule has 0 unspecified atom stereocenters. The van der Waals surface area contributed by atoms with Crippen LogP contribution >= 0.6 is 11.6 Å². The van der Waals surface area contributed by atoms with Crippen LogP contribution in [0, 0.1) is 0 Å². The summed E-state index contributed by atoms with van der Waals surface area (Å²) in [4.78, 5) is 11.0. The molecule has 0 radical (unpaired) electrons. The minimum Gasteiger partial charge on any atom is -0.384 e. The zero-order valence-electron chi connectivity index (χ0n) is 7.55. The summed E-state index contributed by atoms with van der Waals surface area (Å²) < 4.78 is 0. The van der Waals surface area contributed by atoms with Gasteiger partial charge in [-0.2, -0.15) is 0 Å². The Morgan fingerprint density at radius 3 is 2.77 bits per heavy atom. The van der Waals surface area contributed by atoms with Gasteiger partial charge in [-0.15, -0.1) is 11.6 Å². The number of alkyl halides is 1. The van der Waals surface area contributed by atoms with Gasteiger partial charge in [-0.25, -0.2) is 0 Å². The Balaban J connectivity index is 1.90. The van der Waals surface area contributed by atoms with Crippen molar-refractivity contribution in [3.05, 3.63) is 11.8 Å². The summed E-state index contributed by atoms with van der Waals surface area (Å²) in [7, 11) is 0. The summed E-state index contributed by atoms with van der Waals surface area (Å²) in [5, 5.41) is 3.61. The molecule has 0 aliphatic heterocycles. The molecular weight excluding hydrogens is 186 g/mol.